The first-order valence-corrected chi connectivity index (χ1v) is 8.38. The zero-order valence-corrected chi connectivity index (χ0v) is 13.9. The second-order valence-electron chi connectivity index (χ2n) is 6.97. The van der Waals surface area contributed by atoms with Gasteiger partial charge in [0.1, 0.15) is 7.05 Å². The topological polar surface area (TPSA) is 3.88 Å². The Morgan fingerprint density at radius 1 is 0.826 bits per heavy atom. The van der Waals surface area contributed by atoms with Crippen LogP contribution < -0.4 is 4.57 Å². The summed E-state index contributed by atoms with van der Waals surface area (Å²) in [7, 11) is 2.20. The smallest absolute Gasteiger partial charge is 0.198 e. The van der Waals surface area contributed by atoms with E-state index in [1.807, 2.05) is 0 Å². The third kappa shape index (κ3) is 1.60. The van der Waals surface area contributed by atoms with Crippen LogP contribution in [-0.4, -0.2) is 0 Å². The SMILES string of the molecule is CC1=CCc2ccc3ccc4c(c3c21)-c1c(ccc(C)[n+]1C)C4. The van der Waals surface area contributed by atoms with E-state index in [9.17, 15) is 0 Å². The fourth-order valence-electron chi connectivity index (χ4n) is 4.39. The summed E-state index contributed by atoms with van der Waals surface area (Å²) in [4.78, 5) is 0. The number of hydrogen-bond acceptors (Lipinski definition) is 0. The highest BCUT2D eigenvalue weighted by Crippen LogP contribution is 2.44. The molecule has 1 heteroatoms. The van der Waals surface area contributed by atoms with Gasteiger partial charge in [-0.25, -0.2) is 0 Å². The fraction of sp³-hybridized carbons (Fsp3) is 0.227. The number of aryl methyl sites for hydroxylation is 1. The molecule has 2 aliphatic carbocycles. The van der Waals surface area contributed by atoms with Crippen LogP contribution in [0, 0.1) is 6.92 Å². The Balaban J connectivity index is 1.99. The molecule has 0 fully saturated rings. The Morgan fingerprint density at radius 3 is 2.39 bits per heavy atom. The van der Waals surface area contributed by atoms with E-state index in [4.69, 9.17) is 0 Å². The predicted molar refractivity (Wildman–Crippen MR) is 95.5 cm³/mol. The van der Waals surface area contributed by atoms with Gasteiger partial charge in [0.15, 0.2) is 5.69 Å². The van der Waals surface area contributed by atoms with Crippen molar-refractivity contribution in [2.45, 2.75) is 26.7 Å². The molecule has 1 nitrogen and oxygen atoms in total. The highest BCUT2D eigenvalue weighted by molar-refractivity contribution is 6.07. The van der Waals surface area contributed by atoms with Crippen LogP contribution in [0.25, 0.3) is 27.6 Å². The Morgan fingerprint density at radius 2 is 1.57 bits per heavy atom. The highest BCUT2D eigenvalue weighted by atomic mass is 14.9. The van der Waals surface area contributed by atoms with Crippen LogP contribution in [0.4, 0.5) is 0 Å². The number of nitrogens with zero attached hydrogens (tertiary/aromatic N) is 1. The zero-order chi connectivity index (χ0) is 15.7. The van der Waals surface area contributed by atoms with Gasteiger partial charge in [-0.1, -0.05) is 30.3 Å². The van der Waals surface area contributed by atoms with E-state index < -0.39 is 0 Å². The van der Waals surface area contributed by atoms with Gasteiger partial charge in [-0.2, -0.15) is 4.57 Å². The second-order valence-corrected chi connectivity index (χ2v) is 6.97. The maximum atomic E-state index is 2.37. The van der Waals surface area contributed by atoms with E-state index in [1.165, 1.54) is 55.6 Å². The van der Waals surface area contributed by atoms with Gasteiger partial charge in [0.05, 0.1) is 5.56 Å². The number of benzene rings is 2. The molecule has 0 amide bonds. The summed E-state index contributed by atoms with van der Waals surface area (Å²) in [5, 5.41) is 2.83. The van der Waals surface area contributed by atoms with Gasteiger partial charge in [-0.3, -0.25) is 0 Å². The Bertz CT molecular complexity index is 1040. The molecular formula is C22H20N+. The zero-order valence-electron chi connectivity index (χ0n) is 13.9. The monoisotopic (exact) mass is 298 g/mol. The van der Waals surface area contributed by atoms with Gasteiger partial charge in [0.25, 0.3) is 0 Å². The second kappa shape index (κ2) is 4.32. The number of fused-ring (bicyclic) bond motifs is 7. The van der Waals surface area contributed by atoms with Crippen molar-refractivity contribution in [3.8, 4) is 11.3 Å². The lowest BCUT2D eigenvalue weighted by Crippen LogP contribution is -2.34. The van der Waals surface area contributed by atoms with Crippen molar-refractivity contribution in [3.63, 3.8) is 0 Å². The number of allylic oxidation sites excluding steroid dienone is 2. The molecule has 0 radical (unpaired) electrons. The van der Waals surface area contributed by atoms with E-state index in [0.717, 1.165) is 12.8 Å². The van der Waals surface area contributed by atoms with Crippen LogP contribution in [0.3, 0.4) is 0 Å². The maximum Gasteiger partial charge on any atom is 0.216 e. The Hall–Kier alpha value is -2.41. The minimum Gasteiger partial charge on any atom is -0.198 e. The summed E-state index contributed by atoms with van der Waals surface area (Å²) in [6, 6.07) is 13.8. The number of hydrogen-bond donors (Lipinski definition) is 0. The molecule has 0 bridgehead atoms. The molecule has 1 aromatic heterocycles. The predicted octanol–water partition coefficient (Wildman–Crippen LogP) is 4.50. The van der Waals surface area contributed by atoms with Crippen molar-refractivity contribution < 1.29 is 4.57 Å². The van der Waals surface area contributed by atoms with Gasteiger partial charge < -0.3 is 0 Å². The average molecular weight is 298 g/mol. The molecule has 0 saturated carbocycles. The first-order valence-electron chi connectivity index (χ1n) is 8.38. The van der Waals surface area contributed by atoms with Gasteiger partial charge in [-0.15, -0.1) is 0 Å². The summed E-state index contributed by atoms with van der Waals surface area (Å²) in [6.45, 7) is 4.45. The van der Waals surface area contributed by atoms with E-state index in [2.05, 4.69) is 67.9 Å². The first-order chi connectivity index (χ1) is 11.1. The fourth-order valence-corrected chi connectivity index (χ4v) is 4.39. The quantitative estimate of drug-likeness (QED) is 0.421. The molecular weight excluding hydrogens is 278 g/mol. The molecule has 5 rings (SSSR count). The molecule has 23 heavy (non-hydrogen) atoms. The third-order valence-electron chi connectivity index (χ3n) is 5.69. The Kier molecular flexibility index (Phi) is 2.45. The minimum atomic E-state index is 1.06. The Labute approximate surface area is 136 Å². The highest BCUT2D eigenvalue weighted by Gasteiger charge is 2.31. The van der Waals surface area contributed by atoms with Gasteiger partial charge in [-0.05, 0) is 47.1 Å². The van der Waals surface area contributed by atoms with Crippen LogP contribution in [0.2, 0.25) is 0 Å². The van der Waals surface area contributed by atoms with Crippen LogP contribution in [0.5, 0.6) is 0 Å². The van der Waals surface area contributed by atoms with E-state index in [0.29, 0.717) is 0 Å². The largest absolute Gasteiger partial charge is 0.216 e. The first kappa shape index (κ1) is 13.1. The van der Waals surface area contributed by atoms with Crippen molar-refractivity contribution in [1.29, 1.82) is 0 Å². The third-order valence-corrected chi connectivity index (χ3v) is 5.69. The minimum absolute atomic E-state index is 1.06. The van der Waals surface area contributed by atoms with Gasteiger partial charge >= 0.3 is 0 Å². The summed E-state index contributed by atoms with van der Waals surface area (Å²) in [5.41, 5.74) is 11.5. The standard InChI is InChI=1S/C22H20N/c1-13-4-6-15-8-9-16-10-11-17-12-18-7-5-14(2)23(3)22(18)21(17)20(16)19(13)15/h4-5,7-11H,6,12H2,1-3H3/q+1. The normalized spacial score (nSPS) is 14.7. The molecule has 0 atom stereocenters. The molecule has 3 aromatic rings. The van der Waals surface area contributed by atoms with Crippen molar-refractivity contribution in [1.82, 2.24) is 0 Å². The molecule has 0 saturated heterocycles. The van der Waals surface area contributed by atoms with Crippen molar-refractivity contribution in [2.75, 3.05) is 0 Å². The summed E-state index contributed by atoms with van der Waals surface area (Å²) < 4.78 is 2.37. The van der Waals surface area contributed by atoms with Crippen LogP contribution >= 0.6 is 0 Å². The number of pyridine rings is 1. The molecule has 2 aliphatic rings. The van der Waals surface area contributed by atoms with Crippen molar-refractivity contribution in [2.24, 2.45) is 7.05 Å². The van der Waals surface area contributed by atoms with Crippen LogP contribution in [-0.2, 0) is 19.9 Å². The number of rotatable bonds is 0. The molecule has 0 unspecified atom stereocenters. The van der Waals surface area contributed by atoms with Gasteiger partial charge in [0.2, 0.25) is 5.69 Å². The lowest BCUT2D eigenvalue weighted by molar-refractivity contribution is -0.666. The van der Waals surface area contributed by atoms with E-state index in [1.54, 1.807) is 0 Å². The summed E-state index contributed by atoms with van der Waals surface area (Å²) in [5.74, 6) is 0. The van der Waals surface area contributed by atoms with Crippen LogP contribution in [0.15, 0.2) is 42.5 Å². The number of aromatic nitrogens is 1. The average Bonchev–Trinajstić information content (AvgIpc) is 3.12. The molecule has 0 aliphatic heterocycles. The lowest BCUT2D eigenvalue weighted by Gasteiger charge is -2.12. The molecule has 2 aromatic carbocycles. The van der Waals surface area contributed by atoms with Crippen molar-refractivity contribution in [3.05, 3.63) is 70.4 Å². The van der Waals surface area contributed by atoms with Gasteiger partial charge in [0, 0.05) is 30.4 Å². The lowest BCUT2D eigenvalue weighted by atomic mass is 9.91. The summed E-state index contributed by atoms with van der Waals surface area (Å²) in [6.07, 6.45) is 4.50. The van der Waals surface area contributed by atoms with Crippen molar-refractivity contribution >= 4 is 16.3 Å². The van der Waals surface area contributed by atoms with Crippen LogP contribution in [0.1, 0.15) is 34.9 Å². The molecule has 1 heterocycles. The maximum absolute atomic E-state index is 2.37. The summed E-state index contributed by atoms with van der Waals surface area (Å²) >= 11 is 0. The van der Waals surface area contributed by atoms with E-state index in [-0.39, 0.29) is 0 Å². The van der Waals surface area contributed by atoms with E-state index >= 15 is 0 Å². The molecule has 0 N–H and O–H groups in total. The molecule has 0 spiro atoms. The molecule has 112 valence electrons.